The second kappa shape index (κ2) is 33.9. The summed E-state index contributed by atoms with van der Waals surface area (Å²) >= 11 is 5.56. The SMILES string of the molecule is c1ccc(N(c2ccccc2)c2cccc3c2c2cc(Nc4ccc(-c5cccc6ccccc56)cc4)ccc2n3-c2ccccc2)cc1.c1ccc(Nc2ccc3c(c2)sc2cc(N(c4ccc5c(c4)sc4ccccc45)c4cccc5ccccc45)ccc23)cc1.c1ccc(Nc2ccc3c(c2)sc2cc(N(c4ccccc4)c4ccccc4)ccc23)cc1. The highest BCUT2D eigenvalue weighted by atomic mass is 32.1. The molecule has 0 bridgehead atoms. The molecule has 0 atom stereocenters. The molecule has 0 saturated carbocycles. The molecule has 24 aromatic rings. The van der Waals surface area contributed by atoms with E-state index in [0.717, 1.165) is 96.3 Å². The minimum atomic E-state index is 1.04. The minimum Gasteiger partial charge on any atom is -0.356 e. The first-order valence-electron chi connectivity index (χ1n) is 42.5. The van der Waals surface area contributed by atoms with Gasteiger partial charge in [-0.25, -0.2) is 0 Å². The predicted molar refractivity (Wildman–Crippen MR) is 546 cm³/mol. The van der Waals surface area contributed by atoms with Crippen LogP contribution in [0.2, 0.25) is 0 Å². The zero-order valence-electron chi connectivity index (χ0n) is 68.5. The third-order valence-corrected chi connectivity index (χ3v) is 26.9. The van der Waals surface area contributed by atoms with Crippen molar-refractivity contribution in [3.63, 3.8) is 0 Å². The van der Waals surface area contributed by atoms with Crippen molar-refractivity contribution in [2.24, 2.45) is 0 Å². The summed E-state index contributed by atoms with van der Waals surface area (Å²) in [6.45, 7) is 0. The van der Waals surface area contributed by atoms with Gasteiger partial charge in [-0.3, -0.25) is 0 Å². The van der Waals surface area contributed by atoms with Crippen LogP contribution < -0.4 is 30.7 Å². The van der Waals surface area contributed by atoms with Gasteiger partial charge < -0.3 is 35.2 Å². The molecule has 3 N–H and O–H groups in total. The van der Waals surface area contributed by atoms with E-state index in [2.05, 4.69) is 484 Å². The van der Waals surface area contributed by atoms with Gasteiger partial charge in [-0.15, -0.1) is 34.0 Å². The number of hydrogen-bond acceptors (Lipinski definition) is 9. The average molecular weight is 1670 g/mol. The molecule has 126 heavy (non-hydrogen) atoms. The van der Waals surface area contributed by atoms with Crippen molar-refractivity contribution >= 4 is 223 Å². The van der Waals surface area contributed by atoms with Crippen LogP contribution in [0.25, 0.3) is 121 Å². The Morgan fingerprint density at radius 3 is 1.07 bits per heavy atom. The van der Waals surface area contributed by atoms with Crippen LogP contribution in [-0.4, -0.2) is 4.57 Å². The first kappa shape index (κ1) is 76.3. The lowest BCUT2D eigenvalue weighted by molar-refractivity contribution is 1.18. The molecule has 0 fully saturated rings. The van der Waals surface area contributed by atoms with Gasteiger partial charge in [0.15, 0.2) is 0 Å². The highest BCUT2D eigenvalue weighted by molar-refractivity contribution is 7.26. The summed E-state index contributed by atoms with van der Waals surface area (Å²) < 4.78 is 10.1. The minimum absolute atomic E-state index is 1.04. The molecule has 0 amide bonds. The van der Waals surface area contributed by atoms with E-state index in [1.807, 2.05) is 58.3 Å². The number of nitrogens with zero attached hydrogens (tertiary/aromatic N) is 4. The van der Waals surface area contributed by atoms with E-state index in [9.17, 15) is 0 Å². The van der Waals surface area contributed by atoms with E-state index in [-0.39, 0.29) is 0 Å². The van der Waals surface area contributed by atoms with Crippen LogP contribution in [0.3, 0.4) is 0 Å². The van der Waals surface area contributed by atoms with Gasteiger partial charge >= 0.3 is 0 Å². The summed E-state index contributed by atoms with van der Waals surface area (Å²) in [5.74, 6) is 0. The van der Waals surface area contributed by atoms with Crippen molar-refractivity contribution in [3.8, 4) is 16.8 Å². The maximum absolute atomic E-state index is 3.71. The zero-order valence-corrected chi connectivity index (χ0v) is 71.0. The van der Waals surface area contributed by atoms with Crippen molar-refractivity contribution in [1.82, 2.24) is 4.57 Å². The van der Waals surface area contributed by atoms with Crippen molar-refractivity contribution in [2.75, 3.05) is 30.7 Å². The summed E-state index contributed by atoms with van der Waals surface area (Å²) in [6, 6.07) is 169. The molecule has 4 heterocycles. The number of rotatable bonds is 17. The number of para-hydroxylation sites is 7. The molecule has 0 aliphatic carbocycles. The van der Waals surface area contributed by atoms with Crippen molar-refractivity contribution in [3.05, 3.63) is 473 Å². The van der Waals surface area contributed by atoms with Gasteiger partial charge in [0.05, 0.1) is 22.4 Å². The summed E-state index contributed by atoms with van der Waals surface area (Å²) in [5.41, 5.74) is 22.7. The number of fused-ring (bicyclic) bond motifs is 14. The molecule has 0 radical (unpaired) electrons. The van der Waals surface area contributed by atoms with Crippen LogP contribution in [0, 0.1) is 0 Å². The van der Waals surface area contributed by atoms with Crippen molar-refractivity contribution in [2.45, 2.75) is 0 Å². The summed E-state index contributed by atoms with van der Waals surface area (Å²) in [5, 5.41) is 26.0. The van der Waals surface area contributed by atoms with Crippen molar-refractivity contribution < 1.29 is 0 Å². The average Bonchev–Trinajstić information content (AvgIpc) is 1.57. The van der Waals surface area contributed by atoms with E-state index in [0.29, 0.717) is 0 Å². The molecule has 4 aromatic heterocycles. The Morgan fingerprint density at radius 1 is 0.190 bits per heavy atom. The van der Waals surface area contributed by atoms with E-state index < -0.39 is 0 Å². The summed E-state index contributed by atoms with van der Waals surface area (Å²) in [6.07, 6.45) is 0. The Bertz CT molecular complexity index is 7970. The molecule has 0 spiro atoms. The van der Waals surface area contributed by atoms with Crippen LogP contribution in [0.1, 0.15) is 0 Å². The molecule has 0 saturated heterocycles. The molecule has 0 aliphatic rings. The third-order valence-electron chi connectivity index (χ3n) is 23.5. The van der Waals surface area contributed by atoms with Gasteiger partial charge in [0.25, 0.3) is 0 Å². The normalized spacial score (nSPS) is 11.3. The fraction of sp³-hybridized carbons (Fsp3) is 0. The Kier molecular flexibility index (Phi) is 20.5. The highest BCUT2D eigenvalue weighted by Crippen LogP contribution is 2.49. The second-order valence-corrected chi connectivity index (χ2v) is 34.6. The summed E-state index contributed by atoms with van der Waals surface area (Å²) in [7, 11) is 0. The van der Waals surface area contributed by atoms with E-state index in [1.54, 1.807) is 0 Å². The standard InChI is InChI=1S/C46H33N3.C40H26N2S2.C30H22N2S/c1-4-16-37(17-5-1)48(38-18-6-2-7-19-38)44-24-13-25-45-46(44)42-32-36(30-31-43(42)49(45)39-20-8-3-9-21-39)47-35-28-26-34(27-29-35)41-23-12-15-33-14-10-11-22-40(33)41;1-2-11-27(12-3-1)41-28-17-20-33-35-22-19-30(25-40(35)44-38(33)23-28)42(36-15-8-10-26-9-4-5-13-31(26)36)29-18-21-34-32-14-6-7-16-37(32)43-39(34)24-29;1-4-10-22(11-5-1)31-23-16-18-27-28-19-17-26(21-30(28)33-29(27)20-23)32(24-12-6-2-7-13-24)25-14-8-3-9-15-25/h1-32,47H;1-25,41H;1-21,31H. The number of thiophene rings is 3. The van der Waals surface area contributed by atoms with Crippen LogP contribution in [0.15, 0.2) is 473 Å². The smallest absolute Gasteiger partial charge is 0.0562 e. The van der Waals surface area contributed by atoms with E-state index >= 15 is 0 Å². The Labute approximate surface area is 742 Å². The van der Waals surface area contributed by atoms with Crippen LogP contribution in [-0.2, 0) is 0 Å². The molecule has 20 aromatic carbocycles. The molecule has 24 rings (SSSR count). The first-order valence-corrected chi connectivity index (χ1v) is 44.9. The lowest BCUT2D eigenvalue weighted by Crippen LogP contribution is -2.10. The quantitative estimate of drug-likeness (QED) is 0.0845. The maximum atomic E-state index is 3.71. The number of benzene rings is 20. The van der Waals surface area contributed by atoms with Gasteiger partial charge in [-0.1, -0.05) is 273 Å². The number of hydrogen-bond donors (Lipinski definition) is 3. The van der Waals surface area contributed by atoms with Gasteiger partial charge in [-0.2, -0.15) is 0 Å². The van der Waals surface area contributed by atoms with Crippen LogP contribution in [0.4, 0.5) is 85.3 Å². The fourth-order valence-electron chi connectivity index (χ4n) is 17.8. The molecular formula is C116H81N7S3. The zero-order chi connectivity index (χ0) is 83.6. The molecule has 7 nitrogen and oxygen atoms in total. The van der Waals surface area contributed by atoms with Crippen molar-refractivity contribution in [1.29, 1.82) is 0 Å². The number of anilines is 15. The highest BCUT2D eigenvalue weighted by Gasteiger charge is 2.24. The molecule has 0 unspecified atom stereocenters. The largest absolute Gasteiger partial charge is 0.356 e. The fourth-order valence-corrected chi connectivity index (χ4v) is 21.3. The second-order valence-electron chi connectivity index (χ2n) is 31.4. The first-order chi connectivity index (χ1) is 62.4. The number of aromatic nitrogens is 1. The van der Waals surface area contributed by atoms with Crippen LogP contribution >= 0.6 is 34.0 Å². The van der Waals surface area contributed by atoms with E-state index in [1.165, 1.54) is 110 Å². The van der Waals surface area contributed by atoms with Gasteiger partial charge in [-0.05, 0) is 227 Å². The Hall–Kier alpha value is -15.8. The molecular weight excluding hydrogens is 1590 g/mol. The van der Waals surface area contributed by atoms with Gasteiger partial charge in [0.1, 0.15) is 0 Å². The Balaban J connectivity index is 0.000000114. The lowest BCUT2D eigenvalue weighted by Gasteiger charge is -2.27. The monoisotopic (exact) mass is 1670 g/mol. The maximum Gasteiger partial charge on any atom is 0.0562 e. The van der Waals surface area contributed by atoms with E-state index in [4.69, 9.17) is 0 Å². The van der Waals surface area contributed by atoms with Crippen LogP contribution in [0.5, 0.6) is 0 Å². The lowest BCUT2D eigenvalue weighted by atomic mass is 9.98. The topological polar surface area (TPSA) is 50.7 Å². The number of nitrogens with one attached hydrogen (secondary N) is 3. The predicted octanol–water partition coefficient (Wildman–Crippen LogP) is 34.9. The molecule has 10 heteroatoms. The molecule has 0 aliphatic heterocycles. The Morgan fingerprint density at radius 2 is 0.540 bits per heavy atom. The van der Waals surface area contributed by atoms with Gasteiger partial charge in [0.2, 0.25) is 0 Å². The molecule has 598 valence electrons. The third kappa shape index (κ3) is 15.1. The summed E-state index contributed by atoms with van der Waals surface area (Å²) in [4.78, 5) is 7.10. The van der Waals surface area contributed by atoms with Gasteiger partial charge in [0, 0.05) is 156 Å².